The second-order valence-electron chi connectivity index (χ2n) is 7.51. The highest BCUT2D eigenvalue weighted by atomic mass is 35.5. The number of hydrogen-bond donors (Lipinski definition) is 1. The molecule has 0 aromatic heterocycles. The van der Waals surface area contributed by atoms with E-state index in [4.69, 9.17) is 16.3 Å². The molecule has 6 heteroatoms. The van der Waals surface area contributed by atoms with E-state index in [2.05, 4.69) is 16.3 Å². The van der Waals surface area contributed by atoms with E-state index in [1.807, 2.05) is 26.1 Å². The maximum atomic E-state index is 11.8. The van der Waals surface area contributed by atoms with E-state index in [1.165, 1.54) is 12.8 Å². The van der Waals surface area contributed by atoms with Crippen LogP contribution in [0.3, 0.4) is 0 Å². The van der Waals surface area contributed by atoms with Crippen LogP contribution in [0.25, 0.3) is 0 Å². The molecule has 2 aliphatic rings. The van der Waals surface area contributed by atoms with Gasteiger partial charge in [-0.15, -0.1) is 0 Å². The summed E-state index contributed by atoms with van der Waals surface area (Å²) in [5.41, 5.74) is 1.15. The highest BCUT2D eigenvalue weighted by Crippen LogP contribution is 2.36. The summed E-state index contributed by atoms with van der Waals surface area (Å²) in [4.78, 5) is 16.0. The van der Waals surface area contributed by atoms with Crippen molar-refractivity contribution in [3.05, 3.63) is 28.8 Å². The van der Waals surface area contributed by atoms with Gasteiger partial charge in [0, 0.05) is 26.7 Å². The summed E-state index contributed by atoms with van der Waals surface area (Å²) >= 11 is 6.60. The van der Waals surface area contributed by atoms with Crippen molar-refractivity contribution in [2.75, 3.05) is 33.2 Å². The Kier molecular flexibility index (Phi) is 6.65. The number of rotatable bonds is 7. The van der Waals surface area contributed by atoms with Crippen LogP contribution in [0.4, 0.5) is 4.79 Å². The zero-order valence-corrected chi connectivity index (χ0v) is 16.6. The molecule has 0 unspecified atom stereocenters. The van der Waals surface area contributed by atoms with E-state index in [9.17, 15) is 4.79 Å². The molecule has 0 spiro atoms. The minimum atomic E-state index is -0.00507. The monoisotopic (exact) mass is 379 g/mol. The first-order chi connectivity index (χ1) is 12.6. The molecule has 0 atom stereocenters. The predicted octanol–water partition coefficient (Wildman–Crippen LogP) is 3.75. The Balaban J connectivity index is 1.47. The summed E-state index contributed by atoms with van der Waals surface area (Å²) in [6.45, 7) is 6.58. The van der Waals surface area contributed by atoms with Gasteiger partial charge in [-0.05, 0) is 63.2 Å². The largest absolute Gasteiger partial charge is 0.489 e. The van der Waals surface area contributed by atoms with Gasteiger partial charge in [0.05, 0.1) is 11.1 Å². The lowest BCUT2D eigenvalue weighted by Crippen LogP contribution is -2.45. The molecular formula is C20H30ClN3O2. The van der Waals surface area contributed by atoms with E-state index >= 15 is 0 Å². The molecule has 2 amide bonds. The number of carbonyl (C=O) groups is 1. The lowest BCUT2D eigenvalue weighted by Gasteiger charge is -2.37. The summed E-state index contributed by atoms with van der Waals surface area (Å²) in [5.74, 6) is 1.29. The van der Waals surface area contributed by atoms with Crippen molar-refractivity contribution in [2.45, 2.75) is 45.3 Å². The van der Waals surface area contributed by atoms with Gasteiger partial charge >= 0.3 is 6.03 Å². The van der Waals surface area contributed by atoms with Crippen molar-refractivity contribution < 1.29 is 9.53 Å². The van der Waals surface area contributed by atoms with E-state index < -0.39 is 0 Å². The SMILES string of the molecule is CCNC(=O)N(C)CC1CC(Oc2cccc(CN3CCCC3)c2Cl)C1. The Bertz CT molecular complexity index is 613. The smallest absolute Gasteiger partial charge is 0.317 e. The third-order valence-corrected chi connectivity index (χ3v) is 5.76. The number of likely N-dealkylation sites (tertiary alicyclic amines) is 1. The minimum absolute atomic E-state index is 0.00507. The molecule has 1 aromatic carbocycles. The molecular weight excluding hydrogens is 350 g/mol. The first-order valence-corrected chi connectivity index (χ1v) is 10.1. The molecule has 5 nitrogen and oxygen atoms in total. The van der Waals surface area contributed by atoms with Gasteiger partial charge in [0.15, 0.2) is 0 Å². The fraction of sp³-hybridized carbons (Fsp3) is 0.650. The van der Waals surface area contributed by atoms with Gasteiger partial charge in [-0.3, -0.25) is 4.90 Å². The first kappa shape index (κ1) is 19.3. The third kappa shape index (κ3) is 4.83. The van der Waals surface area contributed by atoms with Crippen LogP contribution in [0.5, 0.6) is 5.75 Å². The van der Waals surface area contributed by atoms with E-state index in [-0.39, 0.29) is 12.1 Å². The van der Waals surface area contributed by atoms with Gasteiger partial charge in [0.2, 0.25) is 0 Å². The molecule has 3 rings (SSSR count). The maximum Gasteiger partial charge on any atom is 0.317 e. The molecule has 1 aliphatic carbocycles. The van der Waals surface area contributed by atoms with Crippen molar-refractivity contribution in [2.24, 2.45) is 5.92 Å². The molecule has 2 fully saturated rings. The van der Waals surface area contributed by atoms with Crippen molar-refractivity contribution in [3.8, 4) is 5.75 Å². The second kappa shape index (κ2) is 8.96. The molecule has 26 heavy (non-hydrogen) atoms. The number of hydrogen-bond acceptors (Lipinski definition) is 3. The Labute approximate surface area is 161 Å². The van der Waals surface area contributed by atoms with Gasteiger partial charge in [-0.1, -0.05) is 23.7 Å². The van der Waals surface area contributed by atoms with Crippen LogP contribution >= 0.6 is 11.6 Å². The zero-order valence-electron chi connectivity index (χ0n) is 15.8. The Morgan fingerprint density at radius 2 is 2.08 bits per heavy atom. The molecule has 1 N–H and O–H groups in total. The predicted molar refractivity (Wildman–Crippen MR) is 105 cm³/mol. The molecule has 1 aromatic rings. The number of benzene rings is 1. The van der Waals surface area contributed by atoms with Crippen molar-refractivity contribution >= 4 is 17.6 Å². The lowest BCUT2D eigenvalue weighted by molar-refractivity contribution is 0.0523. The van der Waals surface area contributed by atoms with Crippen molar-refractivity contribution in [1.29, 1.82) is 0 Å². The van der Waals surface area contributed by atoms with Crippen LogP contribution in [0, 0.1) is 5.92 Å². The van der Waals surface area contributed by atoms with Crippen LogP contribution < -0.4 is 10.1 Å². The number of halogens is 1. The number of carbonyl (C=O) groups excluding carboxylic acids is 1. The first-order valence-electron chi connectivity index (χ1n) is 9.72. The number of amides is 2. The quantitative estimate of drug-likeness (QED) is 0.784. The average Bonchev–Trinajstić information content (AvgIpc) is 3.09. The fourth-order valence-electron chi connectivity index (χ4n) is 3.81. The van der Waals surface area contributed by atoms with Crippen LogP contribution in [-0.4, -0.2) is 55.2 Å². The van der Waals surface area contributed by atoms with Crippen LogP contribution in [0.1, 0.15) is 38.2 Å². The van der Waals surface area contributed by atoms with E-state index in [0.717, 1.165) is 55.4 Å². The number of nitrogens with zero attached hydrogens (tertiary/aromatic N) is 2. The van der Waals surface area contributed by atoms with Gasteiger partial charge < -0.3 is 15.0 Å². The standard InChI is InChI=1S/C20H30ClN3O2/c1-3-22-20(25)23(2)13-15-11-17(12-15)26-18-8-6-7-16(19(18)21)14-24-9-4-5-10-24/h6-8,15,17H,3-5,9-14H2,1-2H3,(H,22,25). The highest BCUT2D eigenvalue weighted by Gasteiger charge is 2.33. The molecule has 1 saturated carbocycles. The normalized spacial score (nSPS) is 22.7. The van der Waals surface area contributed by atoms with Gasteiger partial charge in [-0.25, -0.2) is 4.79 Å². The van der Waals surface area contributed by atoms with Crippen LogP contribution in [0.2, 0.25) is 5.02 Å². The number of ether oxygens (including phenoxy) is 1. The third-order valence-electron chi connectivity index (χ3n) is 5.33. The number of nitrogens with one attached hydrogen (secondary N) is 1. The molecule has 1 heterocycles. The number of urea groups is 1. The summed E-state index contributed by atoms with van der Waals surface area (Å²) in [6.07, 6.45) is 4.69. The molecule has 1 saturated heterocycles. The molecule has 0 radical (unpaired) electrons. The van der Waals surface area contributed by atoms with Crippen LogP contribution in [-0.2, 0) is 6.54 Å². The molecule has 144 valence electrons. The average molecular weight is 380 g/mol. The van der Waals surface area contributed by atoms with Gasteiger partial charge in [-0.2, -0.15) is 0 Å². The van der Waals surface area contributed by atoms with Crippen molar-refractivity contribution in [1.82, 2.24) is 15.1 Å². The summed E-state index contributed by atoms with van der Waals surface area (Å²) in [5, 5.41) is 3.58. The zero-order chi connectivity index (χ0) is 18.5. The molecule has 1 aliphatic heterocycles. The summed E-state index contributed by atoms with van der Waals surface area (Å²) in [7, 11) is 1.85. The summed E-state index contributed by atoms with van der Waals surface area (Å²) in [6, 6.07) is 6.09. The molecule has 0 bridgehead atoms. The van der Waals surface area contributed by atoms with Gasteiger partial charge in [0.25, 0.3) is 0 Å². The van der Waals surface area contributed by atoms with E-state index in [1.54, 1.807) is 4.90 Å². The minimum Gasteiger partial charge on any atom is -0.489 e. The second-order valence-corrected chi connectivity index (χ2v) is 7.88. The lowest BCUT2D eigenvalue weighted by atomic mass is 9.82. The van der Waals surface area contributed by atoms with Crippen molar-refractivity contribution in [3.63, 3.8) is 0 Å². The Hall–Kier alpha value is -1.46. The fourth-order valence-corrected chi connectivity index (χ4v) is 4.04. The van der Waals surface area contributed by atoms with Crippen LogP contribution in [0.15, 0.2) is 18.2 Å². The highest BCUT2D eigenvalue weighted by molar-refractivity contribution is 6.32. The Morgan fingerprint density at radius 3 is 2.77 bits per heavy atom. The summed E-state index contributed by atoms with van der Waals surface area (Å²) < 4.78 is 6.14. The Morgan fingerprint density at radius 1 is 1.35 bits per heavy atom. The topological polar surface area (TPSA) is 44.8 Å². The van der Waals surface area contributed by atoms with Gasteiger partial charge in [0.1, 0.15) is 5.75 Å². The van der Waals surface area contributed by atoms with E-state index in [0.29, 0.717) is 12.5 Å². The maximum absolute atomic E-state index is 11.8.